The highest BCUT2D eigenvalue weighted by molar-refractivity contribution is 8.00. The molecule has 0 radical (unpaired) electrons. The summed E-state index contributed by atoms with van der Waals surface area (Å²) >= 11 is 1.76. The third-order valence-corrected chi connectivity index (χ3v) is 6.74. The molecule has 0 bridgehead atoms. The molecule has 8 heteroatoms. The molecule has 0 aromatic heterocycles. The van der Waals surface area contributed by atoms with Gasteiger partial charge >= 0.3 is 0 Å². The normalized spacial score (nSPS) is 17.7. The van der Waals surface area contributed by atoms with Crippen LogP contribution in [0.4, 0.5) is 5.69 Å². The van der Waals surface area contributed by atoms with Crippen LogP contribution in [-0.2, 0) is 20.2 Å². The zero-order valence-electron chi connectivity index (χ0n) is 17.8. The number of amides is 1. The molecule has 0 saturated carbocycles. The fourth-order valence-corrected chi connectivity index (χ4v) is 4.54. The molecular weight excluding hydrogens is 396 g/mol. The van der Waals surface area contributed by atoms with Crippen molar-refractivity contribution in [1.82, 2.24) is 5.32 Å². The number of benzene rings is 1. The van der Waals surface area contributed by atoms with Crippen LogP contribution in [0.15, 0.2) is 18.2 Å². The second kappa shape index (κ2) is 8.14. The number of fused-ring (bicyclic) bond motifs is 1. The van der Waals surface area contributed by atoms with E-state index in [9.17, 15) is 13.2 Å². The summed E-state index contributed by atoms with van der Waals surface area (Å²) in [5.41, 5.74) is 1.37. The average molecular weight is 429 g/mol. The maximum Gasteiger partial charge on any atom is 0.263 e. The van der Waals surface area contributed by atoms with Gasteiger partial charge < -0.3 is 10.1 Å². The first-order chi connectivity index (χ1) is 12.7. The fraction of sp³-hybridized carbons (Fsp3) is 0.650. The van der Waals surface area contributed by atoms with E-state index in [2.05, 4.69) is 46.9 Å². The first kappa shape index (κ1) is 22.9. The minimum atomic E-state index is -3.54. The van der Waals surface area contributed by atoms with E-state index in [1.54, 1.807) is 17.8 Å². The van der Waals surface area contributed by atoms with E-state index < -0.39 is 16.1 Å². The molecule has 158 valence electrons. The van der Waals surface area contributed by atoms with Crippen molar-refractivity contribution >= 4 is 33.4 Å². The topological polar surface area (TPSA) is 75.7 Å². The molecule has 1 N–H and O–H groups in total. The van der Waals surface area contributed by atoms with Gasteiger partial charge in [-0.05, 0) is 23.1 Å². The Bertz CT molecular complexity index is 824. The van der Waals surface area contributed by atoms with Crippen molar-refractivity contribution in [1.29, 1.82) is 0 Å². The lowest BCUT2D eigenvalue weighted by molar-refractivity contribution is -0.127. The Morgan fingerprint density at radius 3 is 2.43 bits per heavy atom. The minimum absolute atomic E-state index is 0.0301. The molecule has 1 aromatic carbocycles. The summed E-state index contributed by atoms with van der Waals surface area (Å²) < 4.78 is 32.0. The van der Waals surface area contributed by atoms with Gasteiger partial charge in [-0.1, -0.05) is 47.6 Å². The van der Waals surface area contributed by atoms with Gasteiger partial charge in [0.05, 0.1) is 18.5 Å². The van der Waals surface area contributed by atoms with Crippen LogP contribution >= 0.6 is 11.8 Å². The van der Waals surface area contributed by atoms with Gasteiger partial charge in [0.15, 0.2) is 6.10 Å². The zero-order chi connectivity index (χ0) is 21.3. The van der Waals surface area contributed by atoms with Crippen LogP contribution in [-0.4, -0.2) is 50.3 Å². The highest BCUT2D eigenvalue weighted by Gasteiger charge is 2.35. The van der Waals surface area contributed by atoms with Gasteiger partial charge in [0, 0.05) is 17.0 Å². The second-order valence-corrected chi connectivity index (χ2v) is 12.9. The Kier molecular flexibility index (Phi) is 6.65. The van der Waals surface area contributed by atoms with E-state index in [1.165, 1.54) is 4.31 Å². The molecule has 1 aliphatic heterocycles. The number of nitrogens with one attached hydrogen (secondary N) is 1. The first-order valence-corrected chi connectivity index (χ1v) is 12.2. The molecule has 6 nitrogen and oxygen atoms in total. The molecule has 0 saturated heterocycles. The third kappa shape index (κ3) is 6.04. The van der Waals surface area contributed by atoms with Gasteiger partial charge in [-0.2, -0.15) is 11.8 Å². The Labute approximate surface area is 173 Å². The van der Waals surface area contributed by atoms with E-state index in [0.717, 1.165) is 17.6 Å². The van der Waals surface area contributed by atoms with Crippen LogP contribution in [0.5, 0.6) is 5.75 Å². The van der Waals surface area contributed by atoms with Crippen LogP contribution in [0.1, 0.15) is 47.1 Å². The van der Waals surface area contributed by atoms with Crippen LogP contribution in [0.25, 0.3) is 0 Å². The maximum absolute atomic E-state index is 12.6. The van der Waals surface area contributed by atoms with Gasteiger partial charge in [-0.25, -0.2) is 8.42 Å². The van der Waals surface area contributed by atoms with E-state index in [1.807, 2.05) is 12.1 Å². The third-order valence-electron chi connectivity index (χ3n) is 4.32. The van der Waals surface area contributed by atoms with Crippen molar-refractivity contribution in [2.45, 2.75) is 57.8 Å². The van der Waals surface area contributed by atoms with E-state index in [-0.39, 0.29) is 22.6 Å². The standard InChI is InChI=1S/C20H32N2O4S2/c1-19(2,3)14-8-9-16-15(12-14)22(28(7,24)25)13-17(26-16)18(23)21-10-11-27-20(4,5)6/h8-9,12,17H,10-11,13H2,1-7H3,(H,21,23)/t17-/m0/s1. The quantitative estimate of drug-likeness (QED) is 0.729. The molecule has 0 aliphatic carbocycles. The van der Waals surface area contributed by atoms with E-state index in [4.69, 9.17) is 4.74 Å². The van der Waals surface area contributed by atoms with Gasteiger partial charge in [-0.3, -0.25) is 9.10 Å². The highest BCUT2D eigenvalue weighted by atomic mass is 32.2. The Morgan fingerprint density at radius 1 is 1.25 bits per heavy atom. The Balaban J connectivity index is 2.19. The molecule has 28 heavy (non-hydrogen) atoms. The molecule has 0 unspecified atom stereocenters. The minimum Gasteiger partial charge on any atom is -0.476 e. The number of hydrogen-bond donors (Lipinski definition) is 1. The monoisotopic (exact) mass is 428 g/mol. The van der Waals surface area contributed by atoms with Crippen molar-refractivity contribution in [3.05, 3.63) is 23.8 Å². The molecule has 1 amide bonds. The highest BCUT2D eigenvalue weighted by Crippen LogP contribution is 2.38. The lowest BCUT2D eigenvalue weighted by Gasteiger charge is -2.35. The Morgan fingerprint density at radius 2 is 1.89 bits per heavy atom. The summed E-state index contributed by atoms with van der Waals surface area (Å²) in [4.78, 5) is 12.6. The summed E-state index contributed by atoms with van der Waals surface area (Å²) in [5.74, 6) is 0.895. The van der Waals surface area contributed by atoms with Crippen molar-refractivity contribution < 1.29 is 17.9 Å². The van der Waals surface area contributed by atoms with Gasteiger partial charge in [-0.15, -0.1) is 0 Å². The summed E-state index contributed by atoms with van der Waals surface area (Å²) in [6.07, 6.45) is 0.281. The van der Waals surface area contributed by atoms with Crippen LogP contribution in [0.2, 0.25) is 0 Å². The summed E-state index contributed by atoms with van der Waals surface area (Å²) in [6.45, 7) is 13.0. The number of thioether (sulfide) groups is 1. The molecule has 0 fully saturated rings. The largest absolute Gasteiger partial charge is 0.476 e. The SMILES string of the molecule is CC(C)(C)SCCNC(=O)[C@@H]1CN(S(C)(=O)=O)c2cc(C(C)(C)C)ccc2O1. The average Bonchev–Trinajstić information content (AvgIpc) is 2.54. The van der Waals surface area contributed by atoms with E-state index >= 15 is 0 Å². The number of rotatable bonds is 5. The predicted molar refractivity (Wildman–Crippen MR) is 117 cm³/mol. The smallest absolute Gasteiger partial charge is 0.263 e. The number of anilines is 1. The second-order valence-electron chi connectivity index (χ2n) is 9.08. The Hall–Kier alpha value is -1.41. The lowest BCUT2D eigenvalue weighted by atomic mass is 9.86. The van der Waals surface area contributed by atoms with Crippen LogP contribution in [0.3, 0.4) is 0 Å². The molecule has 1 atom stereocenters. The number of hydrogen-bond acceptors (Lipinski definition) is 5. The van der Waals surface area contributed by atoms with Crippen LogP contribution < -0.4 is 14.4 Å². The molecule has 1 heterocycles. The first-order valence-electron chi connectivity index (χ1n) is 9.39. The van der Waals surface area contributed by atoms with Crippen LogP contribution in [0, 0.1) is 0 Å². The van der Waals surface area contributed by atoms with Crippen molar-refractivity contribution in [2.75, 3.05) is 29.4 Å². The van der Waals surface area contributed by atoms with Crippen molar-refractivity contribution in [2.24, 2.45) is 0 Å². The predicted octanol–water partition coefficient (Wildman–Crippen LogP) is 3.16. The van der Waals surface area contributed by atoms with Crippen molar-refractivity contribution in [3.8, 4) is 5.75 Å². The van der Waals surface area contributed by atoms with Gasteiger partial charge in [0.1, 0.15) is 5.75 Å². The summed E-state index contributed by atoms with van der Waals surface area (Å²) in [6, 6.07) is 5.51. The zero-order valence-corrected chi connectivity index (χ0v) is 19.5. The number of sulfonamides is 1. The summed E-state index contributed by atoms with van der Waals surface area (Å²) in [7, 11) is -3.54. The molecule has 1 aromatic rings. The molecule has 0 spiro atoms. The maximum atomic E-state index is 12.6. The van der Waals surface area contributed by atoms with Gasteiger partial charge in [0.2, 0.25) is 10.0 Å². The molecule has 2 rings (SSSR count). The van der Waals surface area contributed by atoms with E-state index in [0.29, 0.717) is 18.0 Å². The number of ether oxygens (including phenoxy) is 1. The van der Waals surface area contributed by atoms with Gasteiger partial charge in [0.25, 0.3) is 5.91 Å². The lowest BCUT2D eigenvalue weighted by Crippen LogP contribution is -2.50. The number of carbonyl (C=O) groups is 1. The summed E-state index contributed by atoms with van der Waals surface area (Å²) in [5, 5.41) is 2.86. The number of nitrogens with zero attached hydrogens (tertiary/aromatic N) is 1. The number of carbonyl (C=O) groups excluding carboxylic acids is 1. The van der Waals surface area contributed by atoms with Crippen molar-refractivity contribution in [3.63, 3.8) is 0 Å². The molecular formula is C20H32N2O4S2. The fourth-order valence-electron chi connectivity index (χ4n) is 2.81. The molecule has 1 aliphatic rings.